The van der Waals surface area contributed by atoms with Crippen LogP contribution < -0.4 is 16.0 Å². The SMILES string of the molecule is C/C=C/C[C@@H](C)[C@@H](O)[C@H]1C(=O)N(C)[C@@H](CC)C(=O)N(C)[C@H](C)C(=O)N(CC)[C@@H]([C@H](C)COC)C(=O)N[C@@H](C(C)C)C(=O)N(C)[C@@H](CC(C)C)C(=O)N[C@@H](C)C(=O)N[C@H](C)C(=O)N(C)[C@@H](CC(C)C)C(=O)N(C)[C@@H](CC(C)C)C(=O)N(C)[C@@H](C(C)C)C(=O)N1C. The number of ether oxygens (including phenoxy) is 1. The summed E-state index contributed by atoms with van der Waals surface area (Å²) in [6.45, 7) is 31.0. The quantitative estimate of drug-likeness (QED) is 0.152. The van der Waals surface area contributed by atoms with Gasteiger partial charge in [0.05, 0.1) is 12.7 Å². The maximum absolute atomic E-state index is 15.3. The van der Waals surface area contributed by atoms with Gasteiger partial charge in [0.1, 0.15) is 66.5 Å². The Morgan fingerprint density at radius 3 is 1.35 bits per heavy atom. The van der Waals surface area contributed by atoms with Crippen molar-refractivity contribution in [2.45, 2.75) is 229 Å². The standard InChI is InChI=1S/C65H117N11O13/c1-27-30-31-41(14)54(77)53-65(88)70(20)46(28-2)60(83)69(19)45(18)59(82)76(29-3)52(42(15)35-89-26)57(80)68-50(39(10)11)63(86)71(21)47(32-36(4)5)56(79)66-43(16)55(78)67-44(17)58(81)72(22)48(33-37(6)7)61(84)73(23)49(34-38(8)9)62(85)74(24)51(40(12)13)64(87)75(53)25/h27,30,36-54,77H,28-29,31-35H2,1-26H3,(H,66,79)(H,67,78)(H,68,80)/b30-27+/t41-,42-,43+,44-,45-,46+,47+,48+,49+,50+,51+,52+,53+,54-/m1/s1. The van der Waals surface area contributed by atoms with Gasteiger partial charge in [-0.3, -0.25) is 52.7 Å². The number of carbonyl (C=O) groups excluding carboxylic acids is 11. The lowest BCUT2D eigenvalue weighted by molar-refractivity contribution is -0.161. The number of methoxy groups -OCH3 is 1. The zero-order chi connectivity index (χ0) is 69.1. The van der Waals surface area contributed by atoms with Crippen molar-refractivity contribution in [3.8, 4) is 0 Å². The van der Waals surface area contributed by atoms with Crippen molar-refractivity contribution in [2.24, 2.45) is 41.4 Å². The monoisotopic (exact) mass is 1260 g/mol. The summed E-state index contributed by atoms with van der Waals surface area (Å²) in [6, 6.07) is -13.8. The first-order valence-electron chi connectivity index (χ1n) is 32.0. The largest absolute Gasteiger partial charge is 0.390 e. The highest BCUT2D eigenvalue weighted by atomic mass is 16.5. The molecule has 1 aliphatic rings. The van der Waals surface area contributed by atoms with Crippen LogP contribution in [0, 0.1) is 41.4 Å². The molecule has 24 heteroatoms. The Morgan fingerprint density at radius 1 is 0.472 bits per heavy atom. The van der Waals surface area contributed by atoms with Gasteiger partial charge in [0.2, 0.25) is 65.0 Å². The van der Waals surface area contributed by atoms with Crippen LogP contribution >= 0.6 is 0 Å². The number of amides is 11. The third kappa shape index (κ3) is 21.2. The van der Waals surface area contributed by atoms with Crippen molar-refractivity contribution in [3.63, 3.8) is 0 Å². The highest BCUT2D eigenvalue weighted by Crippen LogP contribution is 2.27. The maximum Gasteiger partial charge on any atom is 0.248 e. The molecule has 0 aromatic heterocycles. The number of likely N-dealkylation sites (N-methyl/N-ethyl adjacent to an activating group) is 8. The molecular weight excluding hydrogens is 1140 g/mol. The molecule has 1 saturated heterocycles. The van der Waals surface area contributed by atoms with Gasteiger partial charge in [-0.05, 0) is 102 Å². The van der Waals surface area contributed by atoms with Crippen LogP contribution in [0.25, 0.3) is 0 Å². The number of carbonyl (C=O) groups is 11. The second-order valence-corrected chi connectivity index (χ2v) is 26.8. The predicted molar refractivity (Wildman–Crippen MR) is 344 cm³/mol. The van der Waals surface area contributed by atoms with Crippen LogP contribution in [0.15, 0.2) is 12.2 Å². The predicted octanol–water partition coefficient (Wildman–Crippen LogP) is 3.63. The van der Waals surface area contributed by atoms with Crippen LogP contribution in [-0.2, 0) is 57.5 Å². The van der Waals surface area contributed by atoms with Gasteiger partial charge in [0.15, 0.2) is 0 Å². The van der Waals surface area contributed by atoms with E-state index in [9.17, 15) is 38.7 Å². The van der Waals surface area contributed by atoms with Crippen molar-refractivity contribution in [1.29, 1.82) is 0 Å². The summed E-state index contributed by atoms with van der Waals surface area (Å²) in [7, 11) is 11.4. The van der Waals surface area contributed by atoms with Crippen LogP contribution in [0.1, 0.15) is 157 Å². The fourth-order valence-corrected chi connectivity index (χ4v) is 11.7. The Morgan fingerprint density at radius 2 is 0.899 bits per heavy atom. The molecule has 1 aliphatic heterocycles. The van der Waals surface area contributed by atoms with Crippen LogP contribution in [-0.4, -0.2) is 251 Å². The number of nitrogens with zero attached hydrogens (tertiary/aromatic N) is 8. The van der Waals surface area contributed by atoms with E-state index in [1.54, 1.807) is 68.4 Å². The van der Waals surface area contributed by atoms with E-state index in [1.165, 1.54) is 107 Å². The first kappa shape index (κ1) is 80.8. The summed E-state index contributed by atoms with van der Waals surface area (Å²) >= 11 is 0. The van der Waals surface area contributed by atoms with Crippen molar-refractivity contribution >= 4 is 65.0 Å². The summed E-state index contributed by atoms with van der Waals surface area (Å²) in [6.07, 6.45) is 2.86. The first-order chi connectivity index (χ1) is 41.2. The number of allylic oxidation sites excluding steroid dienone is 2. The Labute approximate surface area is 533 Å². The Hall–Kier alpha value is -6.17. The lowest BCUT2D eigenvalue weighted by atomic mass is 9.91. The van der Waals surface area contributed by atoms with E-state index in [2.05, 4.69) is 16.0 Å². The lowest BCUT2D eigenvalue weighted by Gasteiger charge is -2.43. The van der Waals surface area contributed by atoms with E-state index in [0.717, 1.165) is 9.80 Å². The highest BCUT2D eigenvalue weighted by molar-refractivity contribution is 6.00. The molecule has 0 spiro atoms. The molecule has 0 aliphatic carbocycles. The normalized spacial score (nSPS) is 27.5. The van der Waals surface area contributed by atoms with E-state index in [4.69, 9.17) is 4.74 Å². The van der Waals surface area contributed by atoms with Gasteiger partial charge in [-0.2, -0.15) is 0 Å². The molecule has 0 unspecified atom stereocenters. The fraction of sp³-hybridized carbons (Fsp3) is 0.800. The van der Waals surface area contributed by atoms with E-state index in [-0.39, 0.29) is 56.6 Å². The minimum Gasteiger partial charge on any atom is -0.390 e. The number of hydrogen-bond acceptors (Lipinski definition) is 13. The Balaban J connectivity index is 4.50. The minimum atomic E-state index is -1.62. The van der Waals surface area contributed by atoms with Gasteiger partial charge < -0.3 is 65.0 Å². The number of aliphatic hydroxyl groups is 1. The van der Waals surface area contributed by atoms with E-state index < -0.39 is 161 Å². The minimum absolute atomic E-state index is 0.00177. The molecule has 14 atom stereocenters. The summed E-state index contributed by atoms with van der Waals surface area (Å²) in [5.41, 5.74) is 0. The summed E-state index contributed by atoms with van der Waals surface area (Å²) in [5.74, 6) is -10.4. The highest BCUT2D eigenvalue weighted by Gasteiger charge is 2.47. The van der Waals surface area contributed by atoms with Crippen LogP contribution in [0.5, 0.6) is 0 Å². The molecular formula is C65H117N11O13. The second-order valence-electron chi connectivity index (χ2n) is 26.8. The molecule has 0 bridgehead atoms. The zero-order valence-electron chi connectivity index (χ0n) is 59.0. The fourth-order valence-electron chi connectivity index (χ4n) is 11.7. The molecule has 0 radical (unpaired) electrons. The van der Waals surface area contributed by atoms with Gasteiger partial charge >= 0.3 is 0 Å². The third-order valence-corrected chi connectivity index (χ3v) is 17.4. The molecule has 11 amide bonds. The average molecular weight is 1260 g/mol. The van der Waals surface area contributed by atoms with Crippen molar-refractivity contribution in [2.75, 3.05) is 69.6 Å². The second kappa shape index (κ2) is 36.6. The van der Waals surface area contributed by atoms with Crippen molar-refractivity contribution in [3.05, 3.63) is 12.2 Å². The number of rotatable bonds is 17. The summed E-state index contributed by atoms with van der Waals surface area (Å²) in [5, 5.41) is 20.6. The van der Waals surface area contributed by atoms with Crippen LogP contribution in [0.2, 0.25) is 0 Å². The molecule has 24 nitrogen and oxygen atoms in total. The molecule has 1 rings (SSSR count). The number of aliphatic hydroxyl groups excluding tert-OH is 1. The van der Waals surface area contributed by atoms with E-state index in [0.29, 0.717) is 6.42 Å². The van der Waals surface area contributed by atoms with Crippen molar-refractivity contribution < 1.29 is 62.6 Å². The number of nitrogens with one attached hydrogen (secondary N) is 3. The average Bonchev–Trinajstić information content (AvgIpc) is 0.931. The zero-order valence-corrected chi connectivity index (χ0v) is 59.0. The maximum atomic E-state index is 15.3. The van der Waals surface area contributed by atoms with Gasteiger partial charge in [0.25, 0.3) is 0 Å². The third-order valence-electron chi connectivity index (χ3n) is 17.4. The summed E-state index contributed by atoms with van der Waals surface area (Å²) in [4.78, 5) is 173. The topological polar surface area (TPSA) is 279 Å². The first-order valence-corrected chi connectivity index (χ1v) is 32.0. The van der Waals surface area contributed by atoms with Gasteiger partial charge in [0, 0.05) is 68.9 Å². The van der Waals surface area contributed by atoms with E-state index in [1.807, 2.05) is 47.6 Å². The van der Waals surface area contributed by atoms with Gasteiger partial charge in [-0.15, -0.1) is 0 Å². The molecule has 0 saturated carbocycles. The molecule has 0 aromatic rings. The van der Waals surface area contributed by atoms with E-state index >= 15 is 19.2 Å². The van der Waals surface area contributed by atoms with Crippen LogP contribution in [0.3, 0.4) is 0 Å². The van der Waals surface area contributed by atoms with Crippen molar-refractivity contribution in [1.82, 2.24) is 55.1 Å². The lowest BCUT2D eigenvalue weighted by Crippen LogP contribution is -2.64. The molecule has 510 valence electrons. The number of hydrogen-bond donors (Lipinski definition) is 4. The van der Waals surface area contributed by atoms with Crippen LogP contribution in [0.4, 0.5) is 0 Å². The summed E-state index contributed by atoms with van der Waals surface area (Å²) < 4.78 is 5.51. The Bertz CT molecular complexity index is 2440. The van der Waals surface area contributed by atoms with Gasteiger partial charge in [-0.1, -0.05) is 102 Å². The molecule has 1 heterocycles. The Kier molecular flexibility index (Phi) is 33.3. The molecule has 89 heavy (non-hydrogen) atoms. The molecule has 4 N–H and O–H groups in total. The smallest absolute Gasteiger partial charge is 0.248 e. The molecule has 1 fully saturated rings. The molecule has 0 aromatic carbocycles. The van der Waals surface area contributed by atoms with Gasteiger partial charge in [-0.25, -0.2) is 0 Å².